The van der Waals surface area contributed by atoms with Gasteiger partial charge in [0.15, 0.2) is 0 Å². The summed E-state index contributed by atoms with van der Waals surface area (Å²) in [6.07, 6.45) is 0. The molecular weight excluding hydrogens is 679 g/mol. The van der Waals surface area contributed by atoms with Crippen LogP contribution < -0.4 is 4.90 Å². The smallest absolute Gasteiger partial charge is 0.143 e. The monoisotopic (exact) mass is 713 g/mol. The molecule has 2 heteroatoms. The molecule has 11 aromatic rings. The van der Waals surface area contributed by atoms with E-state index in [1.165, 1.54) is 54.6 Å². The third-order valence-electron chi connectivity index (χ3n) is 11.2. The topological polar surface area (TPSA) is 16.4 Å². The molecule has 0 aliphatic rings. The van der Waals surface area contributed by atoms with Gasteiger partial charge in [0.2, 0.25) is 0 Å². The number of fused-ring (bicyclic) bond motifs is 7. The van der Waals surface area contributed by atoms with Crippen molar-refractivity contribution in [2.45, 2.75) is 0 Å². The molecule has 1 heterocycles. The number of hydrogen-bond acceptors (Lipinski definition) is 2. The highest BCUT2D eigenvalue weighted by Gasteiger charge is 2.20. The van der Waals surface area contributed by atoms with Crippen molar-refractivity contribution in [2.75, 3.05) is 4.90 Å². The Bertz CT molecular complexity index is 3220. The lowest BCUT2D eigenvalue weighted by atomic mass is 9.91. The van der Waals surface area contributed by atoms with E-state index in [-0.39, 0.29) is 0 Å². The zero-order valence-electron chi connectivity index (χ0n) is 30.6. The first-order chi connectivity index (χ1) is 27.8. The maximum absolute atomic E-state index is 6.98. The summed E-state index contributed by atoms with van der Waals surface area (Å²) in [5.74, 6) is 0. The standard InChI is InChI=1S/C54H35NO/c1-3-13-36(14-4-1)37-27-29-43(30-28-37)55(42-17-5-2-6-18-42)44-31-32-49-51-34-41-16-8-10-20-46(41)53(54(51)56-52(49)35-44)39-25-23-38(24-26-39)50-33-40-15-7-9-19-45(40)47-21-11-12-22-48(47)50/h1-35H. The van der Waals surface area contributed by atoms with Crippen molar-refractivity contribution in [1.82, 2.24) is 0 Å². The minimum Gasteiger partial charge on any atom is -0.455 e. The molecule has 0 spiro atoms. The molecule has 0 aliphatic heterocycles. The average Bonchev–Trinajstić information content (AvgIpc) is 3.63. The Morgan fingerprint density at radius 3 is 1.59 bits per heavy atom. The predicted molar refractivity (Wildman–Crippen MR) is 237 cm³/mol. The van der Waals surface area contributed by atoms with Crippen LogP contribution in [0.2, 0.25) is 0 Å². The summed E-state index contributed by atoms with van der Waals surface area (Å²) in [5.41, 5.74) is 12.0. The number of benzene rings is 10. The van der Waals surface area contributed by atoms with Crippen molar-refractivity contribution >= 4 is 71.3 Å². The molecule has 0 fully saturated rings. The maximum Gasteiger partial charge on any atom is 0.143 e. The van der Waals surface area contributed by atoms with E-state index in [2.05, 4.69) is 217 Å². The lowest BCUT2D eigenvalue weighted by Gasteiger charge is -2.25. The van der Waals surface area contributed by atoms with Crippen LogP contribution in [0.4, 0.5) is 17.1 Å². The number of anilines is 3. The molecule has 0 atom stereocenters. The fourth-order valence-electron chi connectivity index (χ4n) is 8.56. The Kier molecular flexibility index (Phi) is 7.53. The molecule has 10 aromatic carbocycles. The summed E-state index contributed by atoms with van der Waals surface area (Å²) in [4.78, 5) is 2.30. The minimum atomic E-state index is 0.857. The van der Waals surface area contributed by atoms with Gasteiger partial charge in [-0.25, -0.2) is 0 Å². The second-order valence-electron chi connectivity index (χ2n) is 14.5. The molecule has 56 heavy (non-hydrogen) atoms. The molecule has 0 aliphatic carbocycles. The van der Waals surface area contributed by atoms with E-state index < -0.39 is 0 Å². The normalized spacial score (nSPS) is 11.6. The zero-order valence-corrected chi connectivity index (χ0v) is 30.6. The van der Waals surface area contributed by atoms with Crippen LogP contribution in [0.3, 0.4) is 0 Å². The summed E-state index contributed by atoms with van der Waals surface area (Å²) in [5, 5.41) is 9.64. The van der Waals surface area contributed by atoms with Gasteiger partial charge in [0, 0.05) is 39.5 Å². The van der Waals surface area contributed by atoms with E-state index in [1.54, 1.807) is 0 Å². The second-order valence-corrected chi connectivity index (χ2v) is 14.5. The van der Waals surface area contributed by atoms with Gasteiger partial charge in [-0.15, -0.1) is 0 Å². The van der Waals surface area contributed by atoms with Gasteiger partial charge in [0.1, 0.15) is 11.2 Å². The highest BCUT2D eigenvalue weighted by molar-refractivity contribution is 6.19. The van der Waals surface area contributed by atoms with Crippen molar-refractivity contribution in [1.29, 1.82) is 0 Å². The van der Waals surface area contributed by atoms with Crippen LogP contribution in [0.1, 0.15) is 0 Å². The molecule has 0 saturated carbocycles. The van der Waals surface area contributed by atoms with Crippen LogP contribution in [0.5, 0.6) is 0 Å². The summed E-state index contributed by atoms with van der Waals surface area (Å²) >= 11 is 0. The summed E-state index contributed by atoms with van der Waals surface area (Å²) in [6, 6.07) is 76.2. The van der Waals surface area contributed by atoms with Gasteiger partial charge in [-0.05, 0) is 109 Å². The number of nitrogens with zero attached hydrogens (tertiary/aromatic N) is 1. The Morgan fingerprint density at radius 1 is 0.304 bits per heavy atom. The lowest BCUT2D eigenvalue weighted by molar-refractivity contribution is 0.670. The lowest BCUT2D eigenvalue weighted by Crippen LogP contribution is -2.09. The highest BCUT2D eigenvalue weighted by Crippen LogP contribution is 2.44. The van der Waals surface area contributed by atoms with Crippen molar-refractivity contribution < 1.29 is 4.42 Å². The van der Waals surface area contributed by atoms with Crippen LogP contribution in [0, 0.1) is 0 Å². The Labute approximate surface area is 325 Å². The fourth-order valence-corrected chi connectivity index (χ4v) is 8.56. The molecule has 0 radical (unpaired) electrons. The molecule has 0 amide bonds. The predicted octanol–water partition coefficient (Wildman–Crippen LogP) is 15.5. The fraction of sp³-hybridized carbons (Fsp3) is 0. The average molecular weight is 714 g/mol. The van der Waals surface area contributed by atoms with E-state index in [0.717, 1.165) is 50.1 Å². The van der Waals surface area contributed by atoms with Gasteiger partial charge in [0.25, 0.3) is 0 Å². The molecule has 0 N–H and O–H groups in total. The Morgan fingerprint density at radius 2 is 0.839 bits per heavy atom. The van der Waals surface area contributed by atoms with E-state index >= 15 is 0 Å². The second kappa shape index (κ2) is 13.2. The molecule has 0 saturated heterocycles. The minimum absolute atomic E-state index is 0.857. The van der Waals surface area contributed by atoms with Gasteiger partial charge in [0.05, 0.1) is 0 Å². The first-order valence-corrected chi connectivity index (χ1v) is 19.2. The SMILES string of the molecule is c1ccc(-c2ccc(N(c3ccccc3)c3ccc4c(c3)oc3c(-c5ccc(-c6cc7ccccc7c7ccccc67)cc5)c5ccccc5cc34)cc2)cc1. The Balaban J connectivity index is 1.05. The van der Waals surface area contributed by atoms with Crippen LogP contribution in [0.15, 0.2) is 217 Å². The Hall–Kier alpha value is -7.42. The number of rotatable bonds is 6. The van der Waals surface area contributed by atoms with Crippen LogP contribution >= 0.6 is 0 Å². The van der Waals surface area contributed by atoms with Crippen molar-refractivity contribution in [2.24, 2.45) is 0 Å². The number of hydrogen-bond donors (Lipinski definition) is 0. The molecular formula is C54H35NO. The van der Waals surface area contributed by atoms with E-state index in [1.807, 2.05) is 0 Å². The summed E-state index contributed by atoms with van der Waals surface area (Å²) in [7, 11) is 0. The van der Waals surface area contributed by atoms with Crippen molar-refractivity contribution in [3.8, 4) is 33.4 Å². The quantitative estimate of drug-likeness (QED) is 0.160. The van der Waals surface area contributed by atoms with Crippen molar-refractivity contribution in [3.05, 3.63) is 212 Å². The van der Waals surface area contributed by atoms with Crippen LogP contribution in [-0.4, -0.2) is 0 Å². The maximum atomic E-state index is 6.98. The van der Waals surface area contributed by atoms with E-state index in [0.29, 0.717) is 0 Å². The van der Waals surface area contributed by atoms with Gasteiger partial charge < -0.3 is 9.32 Å². The molecule has 1 aromatic heterocycles. The van der Waals surface area contributed by atoms with Crippen LogP contribution in [0.25, 0.3) is 87.6 Å². The first kappa shape index (κ1) is 32.0. The highest BCUT2D eigenvalue weighted by atomic mass is 16.3. The first-order valence-electron chi connectivity index (χ1n) is 19.2. The molecule has 262 valence electrons. The molecule has 2 nitrogen and oxygen atoms in total. The number of para-hydroxylation sites is 1. The summed E-state index contributed by atoms with van der Waals surface area (Å²) < 4.78 is 6.98. The third-order valence-corrected chi connectivity index (χ3v) is 11.2. The molecule has 0 bridgehead atoms. The summed E-state index contributed by atoms with van der Waals surface area (Å²) in [6.45, 7) is 0. The van der Waals surface area contributed by atoms with Gasteiger partial charge in [-0.1, -0.05) is 158 Å². The molecule has 11 rings (SSSR count). The number of furan rings is 1. The third kappa shape index (κ3) is 5.34. The van der Waals surface area contributed by atoms with Crippen molar-refractivity contribution in [3.63, 3.8) is 0 Å². The van der Waals surface area contributed by atoms with Gasteiger partial charge >= 0.3 is 0 Å². The molecule has 0 unspecified atom stereocenters. The van der Waals surface area contributed by atoms with E-state index in [4.69, 9.17) is 4.42 Å². The van der Waals surface area contributed by atoms with Gasteiger partial charge in [-0.3, -0.25) is 0 Å². The van der Waals surface area contributed by atoms with Crippen LogP contribution in [-0.2, 0) is 0 Å². The largest absolute Gasteiger partial charge is 0.455 e. The van der Waals surface area contributed by atoms with Gasteiger partial charge in [-0.2, -0.15) is 0 Å². The van der Waals surface area contributed by atoms with E-state index in [9.17, 15) is 0 Å². The zero-order chi connectivity index (χ0) is 37.0.